The SMILES string of the molecule is Cc1ccc(-c2cn(CC3CCOCC3)cc(C(=O)NC(=N)/C=C\C(=N)Cl)c2=O)s1. The Morgan fingerprint density at radius 1 is 1.30 bits per heavy atom. The molecule has 9 heteroatoms. The molecule has 2 aromatic heterocycles. The average molecular weight is 447 g/mol. The van der Waals surface area contributed by atoms with Gasteiger partial charge in [-0.05, 0) is 50.0 Å². The first kappa shape index (κ1) is 22.1. The molecule has 0 aromatic carbocycles. The van der Waals surface area contributed by atoms with Crippen molar-refractivity contribution in [1.29, 1.82) is 10.8 Å². The molecule has 0 spiro atoms. The lowest BCUT2D eigenvalue weighted by Gasteiger charge is -2.23. The van der Waals surface area contributed by atoms with Crippen LogP contribution >= 0.6 is 22.9 Å². The molecule has 1 amide bonds. The van der Waals surface area contributed by atoms with E-state index in [4.69, 9.17) is 27.2 Å². The molecule has 1 saturated heterocycles. The van der Waals surface area contributed by atoms with Gasteiger partial charge in [-0.15, -0.1) is 11.3 Å². The van der Waals surface area contributed by atoms with E-state index in [2.05, 4.69) is 5.32 Å². The summed E-state index contributed by atoms with van der Waals surface area (Å²) in [6.07, 6.45) is 7.60. The summed E-state index contributed by atoms with van der Waals surface area (Å²) in [6.45, 7) is 4.08. The molecule has 1 aliphatic rings. The summed E-state index contributed by atoms with van der Waals surface area (Å²) in [5.41, 5.74) is 0.0709. The van der Waals surface area contributed by atoms with Gasteiger partial charge in [0.05, 0.1) is 5.56 Å². The highest BCUT2D eigenvalue weighted by Gasteiger charge is 2.20. The lowest BCUT2D eigenvalue weighted by atomic mass is 10.00. The molecule has 3 N–H and O–H groups in total. The predicted octanol–water partition coefficient (Wildman–Crippen LogP) is 3.79. The number of amidine groups is 1. The molecule has 0 radical (unpaired) electrons. The lowest BCUT2D eigenvalue weighted by Crippen LogP contribution is -2.33. The third kappa shape index (κ3) is 5.75. The van der Waals surface area contributed by atoms with Gasteiger partial charge < -0.3 is 14.6 Å². The first-order valence-corrected chi connectivity index (χ1v) is 10.7. The molecule has 158 valence electrons. The molecule has 2 aromatic rings. The number of thiophene rings is 1. The Morgan fingerprint density at radius 2 is 2.03 bits per heavy atom. The van der Waals surface area contributed by atoms with E-state index in [0.29, 0.717) is 31.2 Å². The standard InChI is InChI=1S/C21H23ClN4O3S/c1-13-2-3-17(30-13)15-11-26(10-14-6-8-29-9-7-14)12-16(20(15)27)21(28)25-19(24)5-4-18(22)23/h2-5,11-12,14,23H,6-10H2,1H3,(H2,24,25,28)/b5-4-,23-18?. The molecule has 30 heavy (non-hydrogen) atoms. The van der Waals surface area contributed by atoms with E-state index in [1.807, 2.05) is 23.6 Å². The number of hydrogen-bond donors (Lipinski definition) is 3. The van der Waals surface area contributed by atoms with Crippen LogP contribution in [0.5, 0.6) is 0 Å². The van der Waals surface area contributed by atoms with Crippen molar-refractivity contribution in [3.05, 3.63) is 57.3 Å². The van der Waals surface area contributed by atoms with Gasteiger partial charge in [-0.3, -0.25) is 20.4 Å². The maximum atomic E-state index is 13.1. The minimum atomic E-state index is -0.661. The summed E-state index contributed by atoms with van der Waals surface area (Å²) in [4.78, 5) is 27.7. The second-order valence-electron chi connectivity index (χ2n) is 7.13. The van der Waals surface area contributed by atoms with E-state index in [9.17, 15) is 9.59 Å². The number of aryl methyl sites for hydroxylation is 1. The zero-order valence-electron chi connectivity index (χ0n) is 16.5. The van der Waals surface area contributed by atoms with Crippen LogP contribution in [-0.4, -0.2) is 34.7 Å². The van der Waals surface area contributed by atoms with Crippen molar-refractivity contribution in [1.82, 2.24) is 9.88 Å². The van der Waals surface area contributed by atoms with E-state index in [1.54, 1.807) is 12.4 Å². The Kier molecular flexibility index (Phi) is 7.36. The second kappa shape index (κ2) is 9.97. The van der Waals surface area contributed by atoms with E-state index in [0.717, 1.165) is 22.6 Å². The second-order valence-corrected chi connectivity index (χ2v) is 8.82. The molecule has 0 atom stereocenters. The van der Waals surface area contributed by atoms with Crippen LogP contribution in [0.1, 0.15) is 28.1 Å². The molecule has 1 fully saturated rings. The molecule has 0 saturated carbocycles. The summed E-state index contributed by atoms with van der Waals surface area (Å²) < 4.78 is 7.32. The van der Waals surface area contributed by atoms with Crippen LogP contribution in [-0.2, 0) is 11.3 Å². The van der Waals surface area contributed by atoms with Crippen LogP contribution in [0.3, 0.4) is 0 Å². The maximum absolute atomic E-state index is 13.1. The van der Waals surface area contributed by atoms with Crippen molar-refractivity contribution in [3.8, 4) is 10.4 Å². The van der Waals surface area contributed by atoms with Gasteiger partial charge in [0.1, 0.15) is 16.6 Å². The van der Waals surface area contributed by atoms with Crippen LogP contribution in [0, 0.1) is 23.7 Å². The quantitative estimate of drug-likeness (QED) is 0.464. The zero-order valence-corrected chi connectivity index (χ0v) is 18.1. The Labute approximate surface area is 183 Å². The van der Waals surface area contributed by atoms with Crippen molar-refractivity contribution in [2.75, 3.05) is 13.2 Å². The smallest absolute Gasteiger partial charge is 0.262 e. The number of allylic oxidation sites excluding steroid dienone is 1. The van der Waals surface area contributed by atoms with E-state index >= 15 is 0 Å². The van der Waals surface area contributed by atoms with Crippen LogP contribution in [0.25, 0.3) is 10.4 Å². The van der Waals surface area contributed by atoms with Gasteiger partial charge in [-0.1, -0.05) is 11.6 Å². The molecule has 0 bridgehead atoms. The molecule has 1 aliphatic heterocycles. The van der Waals surface area contributed by atoms with Crippen molar-refractivity contribution in [2.24, 2.45) is 5.92 Å². The lowest BCUT2D eigenvalue weighted by molar-refractivity contribution is 0.0612. The van der Waals surface area contributed by atoms with Crippen LogP contribution in [0.4, 0.5) is 0 Å². The third-order valence-electron chi connectivity index (χ3n) is 4.78. The number of carbonyl (C=O) groups excluding carboxylic acids is 1. The fraction of sp³-hybridized carbons (Fsp3) is 0.333. The summed E-state index contributed by atoms with van der Waals surface area (Å²) in [5.74, 6) is -0.504. The van der Waals surface area contributed by atoms with E-state index in [-0.39, 0.29) is 22.0 Å². The van der Waals surface area contributed by atoms with Gasteiger partial charge in [-0.25, -0.2) is 0 Å². The zero-order chi connectivity index (χ0) is 21.7. The molecular formula is C21H23ClN4O3S. The van der Waals surface area contributed by atoms with E-state index in [1.165, 1.54) is 23.5 Å². The van der Waals surface area contributed by atoms with Gasteiger partial charge >= 0.3 is 0 Å². The van der Waals surface area contributed by atoms with Gasteiger partial charge in [0.2, 0.25) is 5.43 Å². The highest BCUT2D eigenvalue weighted by Crippen LogP contribution is 2.26. The Morgan fingerprint density at radius 3 is 2.67 bits per heavy atom. The Hall–Kier alpha value is -2.55. The molecule has 0 aliphatic carbocycles. The van der Waals surface area contributed by atoms with Gasteiger partial charge in [-0.2, -0.15) is 0 Å². The summed E-state index contributed by atoms with van der Waals surface area (Å²) in [7, 11) is 0. The summed E-state index contributed by atoms with van der Waals surface area (Å²) >= 11 is 6.93. The summed E-state index contributed by atoms with van der Waals surface area (Å²) in [5, 5.41) is 17.1. The van der Waals surface area contributed by atoms with Crippen molar-refractivity contribution >= 4 is 39.9 Å². The molecule has 7 nitrogen and oxygen atoms in total. The Balaban J connectivity index is 1.94. The topological polar surface area (TPSA) is 108 Å². The fourth-order valence-corrected chi connectivity index (χ4v) is 4.21. The van der Waals surface area contributed by atoms with Crippen molar-refractivity contribution < 1.29 is 9.53 Å². The minimum Gasteiger partial charge on any atom is -0.381 e. The number of carbonyl (C=O) groups is 1. The first-order valence-electron chi connectivity index (χ1n) is 9.54. The number of nitrogens with one attached hydrogen (secondary N) is 3. The average Bonchev–Trinajstić information content (AvgIpc) is 3.14. The van der Waals surface area contributed by atoms with E-state index < -0.39 is 5.91 Å². The fourth-order valence-electron chi connectivity index (χ4n) is 3.27. The van der Waals surface area contributed by atoms with Crippen LogP contribution < -0.4 is 10.7 Å². The van der Waals surface area contributed by atoms with Gasteiger partial charge in [0.25, 0.3) is 5.91 Å². The monoisotopic (exact) mass is 446 g/mol. The number of pyridine rings is 1. The summed E-state index contributed by atoms with van der Waals surface area (Å²) in [6, 6.07) is 3.82. The molecule has 3 heterocycles. The normalized spacial score (nSPS) is 14.7. The predicted molar refractivity (Wildman–Crippen MR) is 120 cm³/mol. The molecule has 3 rings (SSSR count). The van der Waals surface area contributed by atoms with Crippen LogP contribution in [0.15, 0.2) is 41.5 Å². The number of rotatable bonds is 6. The molecular weight excluding hydrogens is 424 g/mol. The maximum Gasteiger partial charge on any atom is 0.262 e. The first-order chi connectivity index (χ1) is 14.3. The number of nitrogens with zero attached hydrogens (tertiary/aromatic N) is 1. The highest BCUT2D eigenvalue weighted by atomic mass is 35.5. The Bertz CT molecular complexity index is 1050. The number of aromatic nitrogens is 1. The minimum absolute atomic E-state index is 0.0234. The van der Waals surface area contributed by atoms with Gasteiger partial charge in [0.15, 0.2) is 0 Å². The largest absolute Gasteiger partial charge is 0.381 e. The highest BCUT2D eigenvalue weighted by molar-refractivity contribution is 7.15. The number of halogens is 1. The third-order valence-corrected chi connectivity index (χ3v) is 5.94. The number of ether oxygens (including phenoxy) is 1. The van der Waals surface area contributed by atoms with Crippen molar-refractivity contribution in [3.63, 3.8) is 0 Å². The van der Waals surface area contributed by atoms with Crippen LogP contribution in [0.2, 0.25) is 0 Å². The van der Waals surface area contributed by atoms with Gasteiger partial charge in [0, 0.05) is 41.9 Å². The number of amides is 1. The molecule has 0 unspecified atom stereocenters. The van der Waals surface area contributed by atoms with Crippen molar-refractivity contribution in [2.45, 2.75) is 26.3 Å². The number of hydrogen-bond acceptors (Lipinski definition) is 6.